The highest BCUT2D eigenvalue weighted by atomic mass is 16.5. The molecule has 4 N–H and O–H groups in total. The van der Waals surface area contributed by atoms with Crippen molar-refractivity contribution in [1.29, 1.82) is 0 Å². The van der Waals surface area contributed by atoms with Crippen LogP contribution in [0.15, 0.2) is 109 Å². The Hall–Kier alpha value is -6.16. The largest absolute Gasteiger partial charge is 0.497 e. The highest BCUT2D eigenvalue weighted by Crippen LogP contribution is 2.25. The lowest BCUT2D eigenvalue weighted by atomic mass is 10.0. The standard InChI is InChI=1S/C34H28N6O4/c1-43-27-15-11-23(12-16-27)29-19-31(39-37-29)35-33(41)25-7-3-21(4-8-25)22-5-9-26(10-6-22)34(42)36-32-20-30(38-40-32)24-13-17-28(44-2)18-14-24/h3-20H,1-2H3,(H2,35,37,39,41)(H2,36,38,40,42). The Morgan fingerprint density at radius 3 is 1.20 bits per heavy atom. The highest BCUT2D eigenvalue weighted by Gasteiger charge is 2.12. The van der Waals surface area contributed by atoms with Crippen LogP contribution in [-0.2, 0) is 0 Å². The van der Waals surface area contributed by atoms with E-state index in [2.05, 4.69) is 31.0 Å². The number of rotatable bonds is 9. The van der Waals surface area contributed by atoms with Crippen LogP contribution >= 0.6 is 0 Å². The number of benzene rings is 4. The molecule has 0 unspecified atom stereocenters. The van der Waals surface area contributed by atoms with E-state index in [0.717, 1.165) is 33.8 Å². The topological polar surface area (TPSA) is 134 Å². The van der Waals surface area contributed by atoms with Gasteiger partial charge in [0.05, 0.1) is 25.6 Å². The fourth-order valence-corrected chi connectivity index (χ4v) is 4.61. The van der Waals surface area contributed by atoms with Gasteiger partial charge in [-0.3, -0.25) is 19.8 Å². The molecule has 0 aliphatic rings. The Labute approximate surface area is 253 Å². The summed E-state index contributed by atoms with van der Waals surface area (Å²) >= 11 is 0. The van der Waals surface area contributed by atoms with Crippen molar-refractivity contribution >= 4 is 23.5 Å². The van der Waals surface area contributed by atoms with Crippen molar-refractivity contribution < 1.29 is 19.1 Å². The van der Waals surface area contributed by atoms with Crippen LogP contribution in [0.5, 0.6) is 11.5 Å². The molecule has 10 nitrogen and oxygen atoms in total. The molecule has 0 saturated heterocycles. The molecule has 0 atom stereocenters. The number of methoxy groups -OCH3 is 2. The summed E-state index contributed by atoms with van der Waals surface area (Å²) in [6.07, 6.45) is 0. The average molecular weight is 585 g/mol. The molecule has 0 spiro atoms. The number of aromatic nitrogens is 4. The number of carbonyl (C=O) groups excluding carboxylic acids is 2. The van der Waals surface area contributed by atoms with Crippen molar-refractivity contribution in [1.82, 2.24) is 20.4 Å². The quantitative estimate of drug-likeness (QED) is 0.150. The van der Waals surface area contributed by atoms with Crippen molar-refractivity contribution in [3.8, 4) is 45.1 Å². The maximum Gasteiger partial charge on any atom is 0.256 e. The smallest absolute Gasteiger partial charge is 0.256 e. The summed E-state index contributed by atoms with van der Waals surface area (Å²) in [5.74, 6) is 1.97. The van der Waals surface area contributed by atoms with E-state index in [4.69, 9.17) is 9.47 Å². The van der Waals surface area contributed by atoms with Gasteiger partial charge in [0.15, 0.2) is 0 Å². The summed E-state index contributed by atoms with van der Waals surface area (Å²) in [7, 11) is 3.23. The molecule has 0 fully saturated rings. The molecule has 6 rings (SSSR count). The monoisotopic (exact) mass is 584 g/mol. The van der Waals surface area contributed by atoms with Crippen LogP contribution in [-0.4, -0.2) is 46.4 Å². The van der Waals surface area contributed by atoms with E-state index in [0.29, 0.717) is 34.2 Å². The molecule has 2 amide bonds. The lowest BCUT2D eigenvalue weighted by molar-refractivity contribution is 0.101. The van der Waals surface area contributed by atoms with Crippen LogP contribution in [0.3, 0.4) is 0 Å². The van der Waals surface area contributed by atoms with Crippen LogP contribution in [0.4, 0.5) is 11.6 Å². The van der Waals surface area contributed by atoms with Crippen molar-refractivity contribution in [3.05, 3.63) is 120 Å². The van der Waals surface area contributed by atoms with Gasteiger partial charge in [0.25, 0.3) is 11.8 Å². The summed E-state index contributed by atoms with van der Waals surface area (Å²) in [6.45, 7) is 0. The minimum atomic E-state index is -0.262. The number of H-pyrrole nitrogens is 2. The van der Waals surface area contributed by atoms with E-state index in [1.165, 1.54) is 0 Å². The molecule has 2 aromatic heterocycles. The first-order valence-corrected chi connectivity index (χ1v) is 13.7. The molecule has 2 heterocycles. The van der Waals surface area contributed by atoms with Gasteiger partial charge in [0.2, 0.25) is 0 Å². The molecule has 0 radical (unpaired) electrons. The molecule has 0 aliphatic heterocycles. The normalized spacial score (nSPS) is 10.7. The Morgan fingerprint density at radius 1 is 0.523 bits per heavy atom. The van der Waals surface area contributed by atoms with Crippen LogP contribution in [0, 0.1) is 0 Å². The fourth-order valence-electron chi connectivity index (χ4n) is 4.61. The van der Waals surface area contributed by atoms with Crippen molar-refractivity contribution in [2.75, 3.05) is 24.9 Å². The Morgan fingerprint density at radius 2 is 0.864 bits per heavy atom. The summed E-state index contributed by atoms with van der Waals surface area (Å²) in [5.41, 5.74) is 6.03. The van der Waals surface area contributed by atoms with Gasteiger partial charge in [0.1, 0.15) is 23.1 Å². The number of anilines is 2. The minimum absolute atomic E-state index is 0.262. The lowest BCUT2D eigenvalue weighted by Gasteiger charge is -2.07. The first-order valence-electron chi connectivity index (χ1n) is 13.7. The van der Waals surface area contributed by atoms with Gasteiger partial charge >= 0.3 is 0 Å². The van der Waals surface area contributed by atoms with Crippen LogP contribution in [0.2, 0.25) is 0 Å². The number of ether oxygens (including phenoxy) is 2. The molecule has 0 aliphatic carbocycles. The summed E-state index contributed by atoms with van der Waals surface area (Å²) in [4.78, 5) is 25.7. The third kappa shape index (κ3) is 6.19. The predicted octanol–water partition coefficient (Wildman–Crippen LogP) is 6.66. The fraction of sp³-hybridized carbons (Fsp3) is 0.0588. The molecule has 0 bridgehead atoms. The van der Waals surface area contributed by atoms with Crippen LogP contribution in [0.1, 0.15) is 20.7 Å². The number of carbonyl (C=O) groups is 2. The summed E-state index contributed by atoms with van der Waals surface area (Å²) in [6, 6.07) is 33.1. The first-order chi connectivity index (χ1) is 21.5. The lowest BCUT2D eigenvalue weighted by Crippen LogP contribution is -2.12. The number of aromatic amines is 2. The summed E-state index contributed by atoms with van der Waals surface area (Å²) in [5, 5.41) is 20.0. The second-order valence-electron chi connectivity index (χ2n) is 9.85. The molecule has 10 heteroatoms. The third-order valence-electron chi connectivity index (χ3n) is 7.05. The van der Waals surface area contributed by atoms with E-state index >= 15 is 0 Å². The number of amides is 2. The van der Waals surface area contributed by atoms with E-state index in [9.17, 15) is 9.59 Å². The molecule has 0 saturated carbocycles. The zero-order valence-corrected chi connectivity index (χ0v) is 23.9. The number of nitrogens with one attached hydrogen (secondary N) is 4. The zero-order valence-electron chi connectivity index (χ0n) is 23.9. The molecule has 218 valence electrons. The number of hydrogen-bond donors (Lipinski definition) is 4. The van der Waals surface area contributed by atoms with Gasteiger partial charge in [-0.05, 0) is 83.9 Å². The van der Waals surface area contributed by atoms with Crippen LogP contribution < -0.4 is 20.1 Å². The van der Waals surface area contributed by atoms with Gasteiger partial charge in [-0.2, -0.15) is 10.2 Å². The molecule has 44 heavy (non-hydrogen) atoms. The van der Waals surface area contributed by atoms with E-state index < -0.39 is 0 Å². The Balaban J connectivity index is 1.05. The minimum Gasteiger partial charge on any atom is -0.497 e. The van der Waals surface area contributed by atoms with Crippen LogP contribution in [0.25, 0.3) is 33.6 Å². The van der Waals surface area contributed by atoms with Gasteiger partial charge in [0, 0.05) is 34.4 Å². The van der Waals surface area contributed by atoms with Gasteiger partial charge in [-0.1, -0.05) is 24.3 Å². The van der Waals surface area contributed by atoms with E-state index in [1.54, 1.807) is 50.6 Å². The maximum atomic E-state index is 12.8. The van der Waals surface area contributed by atoms with Gasteiger partial charge in [-0.25, -0.2) is 0 Å². The molecular formula is C34H28N6O4. The third-order valence-corrected chi connectivity index (χ3v) is 7.05. The first kappa shape index (κ1) is 28.0. The van der Waals surface area contributed by atoms with E-state index in [-0.39, 0.29) is 11.8 Å². The maximum absolute atomic E-state index is 12.8. The molecule has 6 aromatic rings. The predicted molar refractivity (Wildman–Crippen MR) is 169 cm³/mol. The van der Waals surface area contributed by atoms with Gasteiger partial charge in [-0.15, -0.1) is 0 Å². The summed E-state index contributed by atoms with van der Waals surface area (Å²) < 4.78 is 10.4. The van der Waals surface area contributed by atoms with Gasteiger partial charge < -0.3 is 20.1 Å². The Bertz CT molecular complexity index is 1750. The average Bonchev–Trinajstić information content (AvgIpc) is 3.75. The number of nitrogens with zero attached hydrogens (tertiary/aromatic N) is 2. The van der Waals surface area contributed by atoms with Crippen molar-refractivity contribution in [3.63, 3.8) is 0 Å². The molecule has 4 aromatic carbocycles. The molecular weight excluding hydrogens is 556 g/mol. The zero-order chi connectivity index (χ0) is 30.5. The Kier molecular flexibility index (Phi) is 7.87. The van der Waals surface area contributed by atoms with E-state index in [1.807, 2.05) is 72.8 Å². The SMILES string of the molecule is COc1ccc(-c2cc(NC(=O)c3ccc(-c4ccc(C(=O)Nc5cc(-c6ccc(OC)cc6)n[nH]5)cc4)cc3)[nH]n2)cc1. The number of hydrogen-bond acceptors (Lipinski definition) is 6. The highest BCUT2D eigenvalue weighted by molar-refractivity contribution is 6.05. The van der Waals surface area contributed by atoms with Crippen molar-refractivity contribution in [2.45, 2.75) is 0 Å². The van der Waals surface area contributed by atoms with Crippen molar-refractivity contribution in [2.24, 2.45) is 0 Å². The second-order valence-corrected chi connectivity index (χ2v) is 9.85. The second kappa shape index (κ2) is 12.4.